The molecule has 0 saturated carbocycles. The van der Waals surface area contributed by atoms with E-state index >= 15 is 0 Å². The van der Waals surface area contributed by atoms with Gasteiger partial charge in [-0.2, -0.15) is 0 Å². The molecule has 0 aromatic carbocycles. The van der Waals surface area contributed by atoms with Crippen LogP contribution in [-0.4, -0.2) is 50.1 Å². The van der Waals surface area contributed by atoms with Crippen LogP contribution in [-0.2, 0) is 23.9 Å². The number of hydrogen-bond donors (Lipinski definition) is 0. The molecule has 6 heteroatoms. The Morgan fingerprint density at radius 3 is 1.67 bits per heavy atom. The lowest BCUT2D eigenvalue weighted by Crippen LogP contribution is -2.39. The average Bonchev–Trinajstić information content (AvgIpc) is 2.26. The number of nitrogens with zero attached hydrogens (tertiary/aromatic N) is 1. The largest absolute Gasteiger partial charge is 0.468 e. The fourth-order valence-electron chi connectivity index (χ4n) is 0.897. The summed E-state index contributed by atoms with van der Waals surface area (Å²) in [5.74, 6) is -1.44. The van der Waals surface area contributed by atoms with Gasteiger partial charge in [0.15, 0.2) is 0 Å². The minimum Gasteiger partial charge on any atom is -0.468 e. The van der Waals surface area contributed by atoms with Crippen molar-refractivity contribution < 1.29 is 23.9 Å². The molecule has 0 aliphatic heterocycles. The van der Waals surface area contributed by atoms with Crippen molar-refractivity contribution in [1.29, 1.82) is 0 Å². The second kappa shape index (κ2) is 6.80. The monoisotopic (exact) mass is 217 g/mol. The first-order valence-corrected chi connectivity index (χ1v) is 4.46. The number of esters is 2. The quantitative estimate of drug-likeness (QED) is 0.584. The molecule has 0 radical (unpaired) electrons. The Balaban J connectivity index is 4.37. The van der Waals surface area contributed by atoms with E-state index in [1.165, 1.54) is 14.2 Å². The van der Waals surface area contributed by atoms with Gasteiger partial charge >= 0.3 is 11.9 Å². The van der Waals surface area contributed by atoms with E-state index in [0.717, 1.165) is 4.90 Å². The molecule has 0 heterocycles. The van der Waals surface area contributed by atoms with E-state index in [9.17, 15) is 14.4 Å². The molecule has 0 aromatic rings. The van der Waals surface area contributed by atoms with Crippen molar-refractivity contribution in [2.75, 3.05) is 27.3 Å². The van der Waals surface area contributed by atoms with Crippen molar-refractivity contribution in [2.24, 2.45) is 0 Å². The molecule has 0 aromatic heterocycles. The molecular formula is C9H15NO5. The third-order valence-electron chi connectivity index (χ3n) is 1.75. The SMILES string of the molecule is CCC(=O)N(CC(=O)OC)CC(=O)OC. The molecule has 0 N–H and O–H groups in total. The van der Waals surface area contributed by atoms with Crippen LogP contribution in [0.1, 0.15) is 13.3 Å². The topological polar surface area (TPSA) is 72.9 Å². The van der Waals surface area contributed by atoms with Gasteiger partial charge in [-0.3, -0.25) is 14.4 Å². The molecule has 0 aliphatic rings. The van der Waals surface area contributed by atoms with Gasteiger partial charge in [-0.25, -0.2) is 0 Å². The number of ether oxygens (including phenoxy) is 2. The van der Waals surface area contributed by atoms with E-state index in [1.807, 2.05) is 0 Å². The summed E-state index contributed by atoms with van der Waals surface area (Å²) in [5, 5.41) is 0. The van der Waals surface area contributed by atoms with Crippen molar-refractivity contribution in [1.82, 2.24) is 4.90 Å². The minimum atomic E-state index is -0.569. The number of hydrogen-bond acceptors (Lipinski definition) is 5. The highest BCUT2D eigenvalue weighted by Crippen LogP contribution is 1.96. The Labute approximate surface area is 88.1 Å². The zero-order valence-electron chi connectivity index (χ0n) is 9.11. The second-order valence-corrected chi connectivity index (χ2v) is 2.76. The molecule has 1 amide bonds. The number of methoxy groups -OCH3 is 2. The van der Waals surface area contributed by atoms with E-state index in [4.69, 9.17) is 0 Å². The average molecular weight is 217 g/mol. The molecule has 0 rings (SSSR count). The molecule has 6 nitrogen and oxygen atoms in total. The Morgan fingerprint density at radius 1 is 1.00 bits per heavy atom. The Morgan fingerprint density at radius 2 is 1.40 bits per heavy atom. The number of rotatable bonds is 5. The highest BCUT2D eigenvalue weighted by molar-refractivity contribution is 5.85. The van der Waals surface area contributed by atoms with E-state index in [2.05, 4.69) is 9.47 Å². The van der Waals surface area contributed by atoms with E-state index in [-0.39, 0.29) is 25.4 Å². The zero-order valence-corrected chi connectivity index (χ0v) is 9.11. The minimum absolute atomic E-state index is 0.216. The summed E-state index contributed by atoms with van der Waals surface area (Å²) >= 11 is 0. The summed E-state index contributed by atoms with van der Waals surface area (Å²) in [5.41, 5.74) is 0. The van der Waals surface area contributed by atoms with Crippen LogP contribution in [0.5, 0.6) is 0 Å². The molecule has 0 saturated heterocycles. The van der Waals surface area contributed by atoms with Crippen LogP contribution in [0.15, 0.2) is 0 Å². The fraction of sp³-hybridized carbons (Fsp3) is 0.667. The van der Waals surface area contributed by atoms with Gasteiger partial charge in [0.25, 0.3) is 0 Å². The summed E-state index contributed by atoms with van der Waals surface area (Å²) in [7, 11) is 2.43. The highest BCUT2D eigenvalue weighted by atomic mass is 16.5. The van der Waals surface area contributed by atoms with Gasteiger partial charge in [-0.05, 0) is 0 Å². The predicted molar refractivity (Wildman–Crippen MR) is 50.9 cm³/mol. The Kier molecular flexibility index (Phi) is 6.08. The van der Waals surface area contributed by atoms with Gasteiger partial charge in [0.05, 0.1) is 14.2 Å². The predicted octanol–water partition coefficient (Wildman–Crippen LogP) is -0.429. The Bertz CT molecular complexity index is 233. The summed E-state index contributed by atoms with van der Waals surface area (Å²) in [6, 6.07) is 0. The smallest absolute Gasteiger partial charge is 0.325 e. The van der Waals surface area contributed by atoms with Crippen LogP contribution in [0.3, 0.4) is 0 Å². The molecule has 0 unspecified atom stereocenters. The summed E-state index contributed by atoms with van der Waals surface area (Å²) in [4.78, 5) is 34.3. The summed E-state index contributed by atoms with van der Waals surface area (Å²) in [6.45, 7) is 1.17. The van der Waals surface area contributed by atoms with Crippen LogP contribution >= 0.6 is 0 Å². The zero-order chi connectivity index (χ0) is 11.8. The molecule has 0 fully saturated rings. The van der Waals surface area contributed by atoms with Crippen LogP contribution < -0.4 is 0 Å². The van der Waals surface area contributed by atoms with E-state index in [0.29, 0.717) is 0 Å². The fourth-order valence-corrected chi connectivity index (χ4v) is 0.897. The van der Waals surface area contributed by atoms with Crippen molar-refractivity contribution >= 4 is 17.8 Å². The van der Waals surface area contributed by atoms with Gasteiger partial charge < -0.3 is 14.4 Å². The third kappa shape index (κ3) is 4.99. The summed E-state index contributed by atoms with van der Waals surface area (Å²) in [6.07, 6.45) is 0.216. The highest BCUT2D eigenvalue weighted by Gasteiger charge is 2.19. The molecular weight excluding hydrogens is 202 g/mol. The molecule has 0 spiro atoms. The first-order valence-electron chi connectivity index (χ1n) is 4.46. The van der Waals surface area contributed by atoms with Crippen molar-refractivity contribution in [3.8, 4) is 0 Å². The maximum absolute atomic E-state index is 11.3. The molecule has 15 heavy (non-hydrogen) atoms. The van der Waals surface area contributed by atoms with Crippen LogP contribution in [0.2, 0.25) is 0 Å². The van der Waals surface area contributed by atoms with Gasteiger partial charge in [-0.15, -0.1) is 0 Å². The lowest BCUT2D eigenvalue weighted by molar-refractivity contribution is -0.152. The standard InChI is InChI=1S/C9H15NO5/c1-4-7(11)10(5-8(12)14-2)6-9(13)15-3/h4-6H2,1-3H3. The number of amides is 1. The molecule has 0 bridgehead atoms. The van der Waals surface area contributed by atoms with Crippen LogP contribution in [0, 0.1) is 0 Å². The lowest BCUT2D eigenvalue weighted by Gasteiger charge is -2.19. The number of carbonyl (C=O) groups is 3. The van der Waals surface area contributed by atoms with Gasteiger partial charge in [0.1, 0.15) is 13.1 Å². The molecule has 86 valence electrons. The maximum Gasteiger partial charge on any atom is 0.325 e. The van der Waals surface area contributed by atoms with E-state index < -0.39 is 11.9 Å². The number of carbonyl (C=O) groups excluding carboxylic acids is 3. The van der Waals surface area contributed by atoms with Crippen molar-refractivity contribution in [2.45, 2.75) is 13.3 Å². The molecule has 0 aliphatic carbocycles. The normalized spacial score (nSPS) is 9.27. The van der Waals surface area contributed by atoms with Gasteiger partial charge in [0, 0.05) is 6.42 Å². The maximum atomic E-state index is 11.3. The van der Waals surface area contributed by atoms with Crippen molar-refractivity contribution in [3.63, 3.8) is 0 Å². The van der Waals surface area contributed by atoms with Crippen LogP contribution in [0.4, 0.5) is 0 Å². The van der Waals surface area contributed by atoms with Crippen LogP contribution in [0.25, 0.3) is 0 Å². The molecule has 0 atom stereocenters. The first kappa shape index (κ1) is 13.4. The van der Waals surface area contributed by atoms with Gasteiger partial charge in [-0.1, -0.05) is 6.92 Å². The van der Waals surface area contributed by atoms with E-state index in [1.54, 1.807) is 6.92 Å². The second-order valence-electron chi connectivity index (χ2n) is 2.76. The van der Waals surface area contributed by atoms with Gasteiger partial charge in [0.2, 0.25) is 5.91 Å². The Hall–Kier alpha value is -1.59. The summed E-state index contributed by atoms with van der Waals surface area (Å²) < 4.78 is 8.81. The van der Waals surface area contributed by atoms with Crippen molar-refractivity contribution in [3.05, 3.63) is 0 Å². The lowest BCUT2D eigenvalue weighted by atomic mass is 10.3. The third-order valence-corrected chi connectivity index (χ3v) is 1.75. The first-order chi connectivity index (χ1) is 7.04.